The van der Waals surface area contributed by atoms with E-state index >= 15 is 0 Å². The summed E-state index contributed by atoms with van der Waals surface area (Å²) >= 11 is 0. The Hall–Kier alpha value is -5.16. The molecule has 0 atom stereocenters. The number of fused-ring (bicyclic) bond motifs is 12. The summed E-state index contributed by atoms with van der Waals surface area (Å²) in [7, 11) is 0. The molecule has 2 N–H and O–H groups in total. The lowest BCUT2D eigenvalue weighted by Gasteiger charge is -2.09. The first-order valence-corrected chi connectivity index (χ1v) is 12.2. The molecule has 0 spiro atoms. The summed E-state index contributed by atoms with van der Waals surface area (Å²) in [6, 6.07) is 34.2. The maximum atomic E-state index is 12.0. The maximum absolute atomic E-state index is 12.0. The molecule has 0 saturated heterocycles. The van der Waals surface area contributed by atoms with Crippen molar-refractivity contribution in [2.24, 2.45) is 0 Å². The van der Waals surface area contributed by atoms with Crippen LogP contribution in [0.25, 0.3) is 76.3 Å². The SMILES string of the molecule is O=[N+]([O-])c1ccccc1-c1cc2ccccc2c2c1[nH]c1c3c4ccccc4[nH]c3c3ccccc3c12. The normalized spacial score (nSPS) is 12.0. The van der Waals surface area contributed by atoms with Crippen molar-refractivity contribution >= 4 is 70.8 Å². The summed E-state index contributed by atoms with van der Waals surface area (Å²) in [4.78, 5) is 19.1. The Bertz CT molecular complexity index is 2240. The molecule has 2 heterocycles. The van der Waals surface area contributed by atoms with E-state index < -0.39 is 0 Å². The molecule has 37 heavy (non-hydrogen) atoms. The summed E-state index contributed by atoms with van der Waals surface area (Å²) in [5, 5.41) is 21.0. The average molecular weight is 478 g/mol. The second kappa shape index (κ2) is 7.18. The predicted molar refractivity (Wildman–Crippen MR) is 152 cm³/mol. The second-order valence-corrected chi connectivity index (χ2v) is 9.51. The summed E-state index contributed by atoms with van der Waals surface area (Å²) < 4.78 is 0. The van der Waals surface area contributed by atoms with Gasteiger partial charge in [-0.25, -0.2) is 0 Å². The number of para-hydroxylation sites is 2. The molecule has 0 bridgehead atoms. The number of nitro benzene ring substituents is 1. The summed E-state index contributed by atoms with van der Waals surface area (Å²) in [6.45, 7) is 0. The average Bonchev–Trinajstić information content (AvgIpc) is 3.52. The van der Waals surface area contributed by atoms with Crippen molar-refractivity contribution in [2.75, 3.05) is 0 Å². The molecule has 174 valence electrons. The molecule has 0 aliphatic carbocycles. The van der Waals surface area contributed by atoms with E-state index in [0.29, 0.717) is 5.56 Å². The lowest BCUT2D eigenvalue weighted by atomic mass is 9.93. The van der Waals surface area contributed by atoms with E-state index in [0.717, 1.165) is 70.7 Å². The highest BCUT2D eigenvalue weighted by molar-refractivity contribution is 6.39. The first-order valence-electron chi connectivity index (χ1n) is 12.2. The third-order valence-electron chi connectivity index (χ3n) is 7.61. The van der Waals surface area contributed by atoms with Gasteiger partial charge in [0.05, 0.1) is 27.0 Å². The number of nitrogens with zero attached hydrogens (tertiary/aromatic N) is 1. The molecule has 0 saturated carbocycles. The van der Waals surface area contributed by atoms with E-state index in [1.807, 2.05) is 24.3 Å². The van der Waals surface area contributed by atoms with Crippen LogP contribution in [0.15, 0.2) is 103 Å². The highest BCUT2D eigenvalue weighted by atomic mass is 16.6. The number of nitro groups is 1. The van der Waals surface area contributed by atoms with Crippen LogP contribution in [-0.4, -0.2) is 14.9 Å². The predicted octanol–water partition coefficient (Wildman–Crippen LogP) is 8.84. The van der Waals surface area contributed by atoms with Gasteiger partial charge in [0.1, 0.15) is 0 Å². The van der Waals surface area contributed by atoms with Gasteiger partial charge < -0.3 is 9.97 Å². The van der Waals surface area contributed by atoms with Crippen molar-refractivity contribution in [1.82, 2.24) is 9.97 Å². The van der Waals surface area contributed by atoms with Crippen molar-refractivity contribution in [3.8, 4) is 11.1 Å². The molecule has 0 amide bonds. The van der Waals surface area contributed by atoms with Crippen LogP contribution in [-0.2, 0) is 0 Å². The van der Waals surface area contributed by atoms with Crippen molar-refractivity contribution in [2.45, 2.75) is 0 Å². The largest absolute Gasteiger partial charge is 0.354 e. The van der Waals surface area contributed by atoms with Gasteiger partial charge in [0, 0.05) is 44.1 Å². The van der Waals surface area contributed by atoms with E-state index in [-0.39, 0.29) is 10.6 Å². The number of hydrogen-bond donors (Lipinski definition) is 2. The monoisotopic (exact) mass is 477 g/mol. The molecule has 5 nitrogen and oxygen atoms in total. The van der Waals surface area contributed by atoms with Gasteiger partial charge in [-0.15, -0.1) is 0 Å². The van der Waals surface area contributed by atoms with Crippen LogP contribution in [0, 0.1) is 10.1 Å². The molecule has 8 rings (SSSR count). The van der Waals surface area contributed by atoms with Crippen molar-refractivity contribution in [3.05, 3.63) is 113 Å². The fourth-order valence-corrected chi connectivity index (χ4v) is 6.10. The fourth-order valence-electron chi connectivity index (χ4n) is 6.10. The minimum Gasteiger partial charge on any atom is -0.354 e. The third kappa shape index (κ3) is 2.63. The molecule has 0 unspecified atom stereocenters. The second-order valence-electron chi connectivity index (χ2n) is 9.51. The number of aromatic nitrogens is 2. The topological polar surface area (TPSA) is 74.7 Å². The first-order chi connectivity index (χ1) is 18.2. The van der Waals surface area contributed by atoms with Gasteiger partial charge in [0.2, 0.25) is 0 Å². The Balaban J connectivity index is 1.71. The summed E-state index contributed by atoms with van der Waals surface area (Å²) in [5.41, 5.74) is 5.65. The zero-order valence-electron chi connectivity index (χ0n) is 19.6. The smallest absolute Gasteiger partial charge is 0.277 e. The van der Waals surface area contributed by atoms with E-state index in [1.165, 1.54) is 0 Å². The van der Waals surface area contributed by atoms with Crippen molar-refractivity contribution in [1.29, 1.82) is 0 Å². The number of H-pyrrole nitrogens is 2. The Labute approximate surface area is 210 Å². The van der Waals surface area contributed by atoms with Crippen molar-refractivity contribution < 1.29 is 4.92 Å². The molecule has 2 aromatic heterocycles. The van der Waals surface area contributed by atoms with Gasteiger partial charge in [-0.05, 0) is 34.4 Å². The maximum Gasteiger partial charge on any atom is 0.277 e. The van der Waals surface area contributed by atoms with Crippen LogP contribution in [0.4, 0.5) is 5.69 Å². The van der Waals surface area contributed by atoms with Crippen molar-refractivity contribution in [3.63, 3.8) is 0 Å². The zero-order chi connectivity index (χ0) is 24.7. The Morgan fingerprint density at radius 2 is 1.19 bits per heavy atom. The molecule has 0 aliphatic heterocycles. The molecule has 8 aromatic rings. The molecule has 5 heteroatoms. The highest BCUT2D eigenvalue weighted by Gasteiger charge is 2.23. The fraction of sp³-hybridized carbons (Fsp3) is 0. The van der Waals surface area contributed by atoms with Gasteiger partial charge in [-0.3, -0.25) is 10.1 Å². The third-order valence-corrected chi connectivity index (χ3v) is 7.61. The van der Waals surface area contributed by atoms with E-state index in [9.17, 15) is 10.1 Å². The number of benzene rings is 6. The zero-order valence-corrected chi connectivity index (χ0v) is 19.6. The quantitative estimate of drug-likeness (QED) is 0.193. The lowest BCUT2D eigenvalue weighted by Crippen LogP contribution is -1.92. The molecule has 6 aromatic carbocycles. The van der Waals surface area contributed by atoms with Gasteiger partial charge in [0.15, 0.2) is 0 Å². The van der Waals surface area contributed by atoms with Crippen LogP contribution in [0.3, 0.4) is 0 Å². The number of nitrogens with one attached hydrogen (secondary N) is 2. The Kier molecular flexibility index (Phi) is 3.90. The van der Waals surface area contributed by atoms with Crippen LogP contribution in [0.5, 0.6) is 0 Å². The Morgan fingerprint density at radius 3 is 2.03 bits per heavy atom. The Morgan fingerprint density at radius 1 is 0.541 bits per heavy atom. The highest BCUT2D eigenvalue weighted by Crippen LogP contribution is 2.46. The van der Waals surface area contributed by atoms with E-state index in [2.05, 4.69) is 76.7 Å². The van der Waals surface area contributed by atoms with Gasteiger partial charge in [-0.1, -0.05) is 78.9 Å². The lowest BCUT2D eigenvalue weighted by molar-refractivity contribution is -0.384. The molecule has 0 aliphatic rings. The minimum absolute atomic E-state index is 0.0971. The van der Waals surface area contributed by atoms with Crippen LogP contribution >= 0.6 is 0 Å². The first kappa shape index (κ1) is 20.1. The van der Waals surface area contributed by atoms with E-state index in [4.69, 9.17) is 0 Å². The van der Waals surface area contributed by atoms with E-state index in [1.54, 1.807) is 12.1 Å². The standard InChI is InChI=1S/C32H19N3O2/c36-35(37)26-16-8-6-11-20(26)24-17-18-9-1-2-10-19(18)27-28-21-12-3-4-13-22(21)30-29(32(28)34-31(24)27)23-14-5-7-15-25(23)33-30/h1-17,33-34H. The van der Waals surface area contributed by atoms with Crippen LogP contribution in [0.1, 0.15) is 0 Å². The molecular weight excluding hydrogens is 458 g/mol. The van der Waals surface area contributed by atoms with Gasteiger partial charge >= 0.3 is 0 Å². The minimum atomic E-state index is -0.299. The van der Waals surface area contributed by atoms with Gasteiger partial charge in [-0.2, -0.15) is 0 Å². The van der Waals surface area contributed by atoms with Crippen LogP contribution in [0.2, 0.25) is 0 Å². The number of rotatable bonds is 2. The molecule has 0 fully saturated rings. The number of hydrogen-bond acceptors (Lipinski definition) is 2. The summed E-state index contributed by atoms with van der Waals surface area (Å²) in [5.74, 6) is 0. The molecule has 0 radical (unpaired) electrons. The number of aromatic amines is 2. The summed E-state index contributed by atoms with van der Waals surface area (Å²) in [6.07, 6.45) is 0. The molecular formula is C32H19N3O2. The van der Waals surface area contributed by atoms with Crippen LogP contribution < -0.4 is 0 Å². The van der Waals surface area contributed by atoms with Gasteiger partial charge in [0.25, 0.3) is 5.69 Å².